The van der Waals surface area contributed by atoms with Gasteiger partial charge in [-0.15, -0.1) is 0 Å². The zero-order chi connectivity index (χ0) is 16.2. The Morgan fingerprint density at radius 3 is 2.59 bits per heavy atom. The van der Waals surface area contributed by atoms with Crippen LogP contribution in [0, 0.1) is 0 Å². The number of hydrogen-bond donors (Lipinski definition) is 0. The zero-order valence-corrected chi connectivity index (χ0v) is 12.2. The minimum Gasteiger partial charge on any atom is -0.468 e. The van der Waals surface area contributed by atoms with Crippen molar-refractivity contribution < 1.29 is 27.4 Å². The van der Waals surface area contributed by atoms with E-state index in [1.165, 1.54) is 7.11 Å². The lowest BCUT2D eigenvalue weighted by molar-refractivity contribution is -0.249. The van der Waals surface area contributed by atoms with Crippen molar-refractivity contribution in [1.29, 1.82) is 0 Å². The Balaban J connectivity index is 2.03. The Labute approximate surface area is 126 Å². The molecule has 4 nitrogen and oxygen atoms in total. The lowest BCUT2D eigenvalue weighted by Gasteiger charge is -2.36. The van der Waals surface area contributed by atoms with Crippen LogP contribution in [0.1, 0.15) is 12.0 Å². The molecule has 0 bridgehead atoms. The van der Waals surface area contributed by atoms with E-state index in [-0.39, 0.29) is 19.7 Å². The van der Waals surface area contributed by atoms with Crippen LogP contribution in [0.2, 0.25) is 0 Å². The predicted molar refractivity (Wildman–Crippen MR) is 73.1 cm³/mol. The molecule has 0 saturated carbocycles. The summed E-state index contributed by atoms with van der Waals surface area (Å²) >= 11 is 0. The van der Waals surface area contributed by atoms with Crippen LogP contribution in [0.5, 0.6) is 0 Å². The Morgan fingerprint density at radius 2 is 2.09 bits per heavy atom. The highest BCUT2D eigenvalue weighted by Crippen LogP contribution is 2.29. The van der Waals surface area contributed by atoms with Crippen molar-refractivity contribution in [2.24, 2.45) is 0 Å². The Bertz CT molecular complexity index is 485. The summed E-state index contributed by atoms with van der Waals surface area (Å²) < 4.78 is 47.5. The van der Waals surface area contributed by atoms with Gasteiger partial charge in [0.05, 0.1) is 7.11 Å². The van der Waals surface area contributed by atoms with Gasteiger partial charge in [-0.2, -0.15) is 13.2 Å². The number of nitrogens with zero attached hydrogens (tertiary/aromatic N) is 1. The Morgan fingerprint density at radius 1 is 1.41 bits per heavy atom. The van der Waals surface area contributed by atoms with Gasteiger partial charge in [-0.1, -0.05) is 30.3 Å². The van der Waals surface area contributed by atoms with E-state index in [4.69, 9.17) is 9.47 Å². The minimum absolute atomic E-state index is 0.136. The third kappa shape index (κ3) is 4.20. The van der Waals surface area contributed by atoms with E-state index >= 15 is 0 Å². The monoisotopic (exact) mass is 317 g/mol. The number of alkyl halides is 3. The number of ether oxygens (including phenoxy) is 2. The highest BCUT2D eigenvalue weighted by Gasteiger charge is 2.44. The van der Waals surface area contributed by atoms with Crippen LogP contribution in [-0.4, -0.2) is 49.6 Å². The third-order valence-corrected chi connectivity index (χ3v) is 3.67. The first-order valence-electron chi connectivity index (χ1n) is 6.96. The fourth-order valence-electron chi connectivity index (χ4n) is 2.46. The van der Waals surface area contributed by atoms with Crippen LogP contribution < -0.4 is 0 Å². The molecule has 2 rings (SSSR count). The molecule has 0 aromatic heterocycles. The topological polar surface area (TPSA) is 38.8 Å². The summed E-state index contributed by atoms with van der Waals surface area (Å²) in [5, 5.41) is 0. The van der Waals surface area contributed by atoms with E-state index in [2.05, 4.69) is 0 Å². The number of methoxy groups -OCH3 is 1. The number of rotatable bonds is 4. The molecule has 1 fully saturated rings. The molecular weight excluding hydrogens is 299 g/mol. The maximum atomic E-state index is 12.6. The van der Waals surface area contributed by atoms with Gasteiger partial charge < -0.3 is 9.47 Å². The minimum atomic E-state index is -4.37. The molecule has 1 aliphatic heterocycles. The first kappa shape index (κ1) is 16.8. The molecule has 7 heteroatoms. The lowest BCUT2D eigenvalue weighted by Crippen LogP contribution is -2.51. The van der Waals surface area contributed by atoms with E-state index in [0.717, 1.165) is 5.56 Å². The second kappa shape index (κ2) is 7.11. The van der Waals surface area contributed by atoms with Gasteiger partial charge in [-0.25, -0.2) is 0 Å². The highest BCUT2D eigenvalue weighted by molar-refractivity contribution is 5.76. The van der Waals surface area contributed by atoms with Crippen molar-refractivity contribution in [2.75, 3.05) is 20.4 Å². The largest absolute Gasteiger partial charge is 0.468 e. The van der Waals surface area contributed by atoms with Crippen LogP contribution in [0.25, 0.3) is 0 Å². The Kier molecular flexibility index (Phi) is 5.42. The molecule has 2 atom stereocenters. The van der Waals surface area contributed by atoms with Crippen LogP contribution in [0.3, 0.4) is 0 Å². The van der Waals surface area contributed by atoms with Crippen molar-refractivity contribution in [3.05, 3.63) is 35.9 Å². The first-order valence-corrected chi connectivity index (χ1v) is 6.96. The molecule has 0 aliphatic carbocycles. The van der Waals surface area contributed by atoms with Crippen molar-refractivity contribution in [2.45, 2.75) is 31.2 Å². The third-order valence-electron chi connectivity index (χ3n) is 3.67. The summed E-state index contributed by atoms with van der Waals surface area (Å²) in [5.41, 5.74) is 0.913. The second-order valence-corrected chi connectivity index (χ2v) is 5.16. The molecule has 1 aromatic rings. The first-order chi connectivity index (χ1) is 10.4. The predicted octanol–water partition coefficient (Wildman–Crippen LogP) is 2.38. The highest BCUT2D eigenvalue weighted by atomic mass is 19.4. The molecule has 122 valence electrons. The standard InChI is InChI=1S/C15H18F3NO3/c1-21-14(20)12(9-11-5-3-2-4-6-11)19-8-7-13(22-10-19)15(16,17)18/h2-6,12-13H,7-10H2,1H3/t12-,13?/m0/s1. The number of carbonyl (C=O) groups excluding carboxylic acids is 1. The van der Waals surface area contributed by atoms with Gasteiger partial charge in [0.15, 0.2) is 6.10 Å². The van der Waals surface area contributed by atoms with E-state index in [0.29, 0.717) is 6.42 Å². The van der Waals surface area contributed by atoms with Crippen molar-refractivity contribution in [3.8, 4) is 0 Å². The summed E-state index contributed by atoms with van der Waals surface area (Å²) in [6.07, 6.45) is -5.95. The summed E-state index contributed by atoms with van der Waals surface area (Å²) in [6.45, 7) is -0.104. The quantitative estimate of drug-likeness (QED) is 0.799. The van der Waals surface area contributed by atoms with Gasteiger partial charge in [-0.3, -0.25) is 9.69 Å². The molecule has 22 heavy (non-hydrogen) atoms. The molecule has 1 aromatic carbocycles. The maximum Gasteiger partial charge on any atom is 0.414 e. The van der Waals surface area contributed by atoms with E-state index in [1.54, 1.807) is 4.90 Å². The molecule has 0 amide bonds. The maximum absolute atomic E-state index is 12.6. The molecule has 1 heterocycles. The molecule has 0 N–H and O–H groups in total. The molecule has 1 saturated heterocycles. The van der Waals surface area contributed by atoms with Gasteiger partial charge in [0.2, 0.25) is 0 Å². The molecule has 0 spiro atoms. The molecule has 0 radical (unpaired) electrons. The average molecular weight is 317 g/mol. The fourth-order valence-corrected chi connectivity index (χ4v) is 2.46. The van der Waals surface area contributed by atoms with Gasteiger partial charge >= 0.3 is 12.1 Å². The van der Waals surface area contributed by atoms with E-state index < -0.39 is 24.3 Å². The van der Waals surface area contributed by atoms with Crippen LogP contribution in [0.4, 0.5) is 13.2 Å². The van der Waals surface area contributed by atoms with E-state index in [9.17, 15) is 18.0 Å². The normalized spacial score (nSPS) is 21.4. The number of halogens is 3. The summed E-state index contributed by atoms with van der Waals surface area (Å²) in [5.74, 6) is -0.474. The van der Waals surface area contributed by atoms with Gasteiger partial charge in [0, 0.05) is 6.54 Å². The van der Waals surface area contributed by atoms with Crippen LogP contribution >= 0.6 is 0 Å². The zero-order valence-electron chi connectivity index (χ0n) is 12.2. The number of hydrogen-bond acceptors (Lipinski definition) is 4. The van der Waals surface area contributed by atoms with Gasteiger partial charge in [0.25, 0.3) is 0 Å². The van der Waals surface area contributed by atoms with Gasteiger partial charge in [-0.05, 0) is 18.4 Å². The van der Waals surface area contributed by atoms with Crippen LogP contribution in [0.15, 0.2) is 30.3 Å². The molecule has 1 unspecified atom stereocenters. The van der Waals surface area contributed by atoms with Gasteiger partial charge in [0.1, 0.15) is 12.8 Å². The average Bonchev–Trinajstić information content (AvgIpc) is 2.52. The molecular formula is C15H18F3NO3. The number of esters is 1. The van der Waals surface area contributed by atoms with Crippen molar-refractivity contribution >= 4 is 5.97 Å². The Hall–Kier alpha value is -1.60. The fraction of sp³-hybridized carbons (Fsp3) is 0.533. The second-order valence-electron chi connectivity index (χ2n) is 5.16. The SMILES string of the molecule is COC(=O)[C@H](Cc1ccccc1)N1CCC(C(F)(F)F)OC1. The summed E-state index contributed by atoms with van der Waals surface area (Å²) in [7, 11) is 1.27. The smallest absolute Gasteiger partial charge is 0.414 e. The summed E-state index contributed by atoms with van der Waals surface area (Å²) in [6, 6.07) is 8.61. The number of benzene rings is 1. The van der Waals surface area contributed by atoms with E-state index in [1.807, 2.05) is 30.3 Å². The lowest BCUT2D eigenvalue weighted by atomic mass is 10.0. The number of carbonyl (C=O) groups is 1. The van der Waals surface area contributed by atoms with Crippen molar-refractivity contribution in [3.63, 3.8) is 0 Å². The van der Waals surface area contributed by atoms with Crippen molar-refractivity contribution in [1.82, 2.24) is 4.90 Å². The summed E-state index contributed by atoms with van der Waals surface area (Å²) in [4.78, 5) is 13.5. The molecule has 1 aliphatic rings. The van der Waals surface area contributed by atoms with Crippen LogP contribution in [-0.2, 0) is 20.7 Å².